The molecule has 1 amide bonds. The van der Waals surface area contributed by atoms with E-state index in [2.05, 4.69) is 0 Å². The molecular formula is C9H19NO. The zero-order valence-corrected chi connectivity index (χ0v) is 8.22. The summed E-state index contributed by atoms with van der Waals surface area (Å²) in [5, 5.41) is 0. The van der Waals surface area contributed by atoms with Crippen molar-refractivity contribution >= 4 is 5.91 Å². The molecule has 0 aromatic heterocycles. The van der Waals surface area contributed by atoms with E-state index in [1.807, 2.05) is 33.8 Å². The summed E-state index contributed by atoms with van der Waals surface area (Å²) in [6.45, 7) is 7.74. The van der Waals surface area contributed by atoms with Gasteiger partial charge in [-0.3, -0.25) is 4.79 Å². The first-order valence-corrected chi connectivity index (χ1v) is 4.10. The van der Waals surface area contributed by atoms with Crippen LogP contribution in [-0.4, -0.2) is 17.9 Å². The summed E-state index contributed by atoms with van der Waals surface area (Å²) in [6.07, 6.45) is 4.17. The van der Waals surface area contributed by atoms with Crippen molar-refractivity contribution in [3.63, 3.8) is 0 Å². The second-order valence-electron chi connectivity index (χ2n) is 1.84. The fourth-order valence-electron chi connectivity index (χ4n) is 0.556. The maximum absolute atomic E-state index is 10.8. The molecular weight excluding hydrogens is 138 g/mol. The zero-order valence-electron chi connectivity index (χ0n) is 8.22. The molecule has 0 aromatic carbocycles. The minimum Gasteiger partial charge on any atom is -0.322 e. The SMILES string of the molecule is C/C=C\N(C)C(=O)CC.CC. The summed E-state index contributed by atoms with van der Waals surface area (Å²) in [5.74, 6) is 0.146. The minimum absolute atomic E-state index is 0.146. The first-order chi connectivity index (χ1) is 5.22. The second-order valence-corrected chi connectivity index (χ2v) is 1.84. The molecule has 0 saturated carbocycles. The van der Waals surface area contributed by atoms with Gasteiger partial charge < -0.3 is 4.90 Å². The van der Waals surface area contributed by atoms with Crippen molar-refractivity contribution in [2.24, 2.45) is 0 Å². The lowest BCUT2D eigenvalue weighted by atomic mass is 10.4. The highest BCUT2D eigenvalue weighted by molar-refractivity contribution is 5.76. The van der Waals surface area contributed by atoms with Crippen LogP contribution in [0.4, 0.5) is 0 Å². The van der Waals surface area contributed by atoms with Gasteiger partial charge in [0.15, 0.2) is 0 Å². The Labute approximate surface area is 69.9 Å². The molecule has 0 unspecified atom stereocenters. The van der Waals surface area contributed by atoms with E-state index in [4.69, 9.17) is 0 Å². The summed E-state index contributed by atoms with van der Waals surface area (Å²) >= 11 is 0. The fraction of sp³-hybridized carbons (Fsp3) is 0.667. The van der Waals surface area contributed by atoms with Gasteiger partial charge in [0.05, 0.1) is 0 Å². The predicted octanol–water partition coefficient (Wildman–Crippen LogP) is 2.41. The molecule has 0 aliphatic heterocycles. The van der Waals surface area contributed by atoms with Crippen LogP contribution in [0.5, 0.6) is 0 Å². The van der Waals surface area contributed by atoms with Crippen molar-refractivity contribution in [1.82, 2.24) is 4.90 Å². The van der Waals surface area contributed by atoms with E-state index in [1.165, 1.54) is 0 Å². The third-order valence-corrected chi connectivity index (χ3v) is 1.07. The number of hydrogen-bond donors (Lipinski definition) is 0. The molecule has 0 rings (SSSR count). The van der Waals surface area contributed by atoms with Crippen LogP contribution < -0.4 is 0 Å². The summed E-state index contributed by atoms with van der Waals surface area (Å²) in [4.78, 5) is 12.4. The Bertz CT molecular complexity index is 119. The molecule has 66 valence electrons. The second kappa shape index (κ2) is 9.21. The number of hydrogen-bond acceptors (Lipinski definition) is 1. The van der Waals surface area contributed by atoms with Crippen LogP contribution in [0.15, 0.2) is 12.3 Å². The average molecular weight is 157 g/mol. The van der Waals surface area contributed by atoms with E-state index >= 15 is 0 Å². The summed E-state index contributed by atoms with van der Waals surface area (Å²) in [6, 6.07) is 0. The Morgan fingerprint density at radius 3 is 2.18 bits per heavy atom. The van der Waals surface area contributed by atoms with Crippen molar-refractivity contribution in [2.75, 3.05) is 7.05 Å². The van der Waals surface area contributed by atoms with Crippen molar-refractivity contribution in [2.45, 2.75) is 34.1 Å². The van der Waals surface area contributed by atoms with E-state index in [-0.39, 0.29) is 5.91 Å². The third kappa shape index (κ3) is 7.10. The lowest BCUT2D eigenvalue weighted by Gasteiger charge is -2.08. The van der Waals surface area contributed by atoms with Crippen molar-refractivity contribution in [3.8, 4) is 0 Å². The summed E-state index contributed by atoms with van der Waals surface area (Å²) < 4.78 is 0. The monoisotopic (exact) mass is 157 g/mol. The quantitative estimate of drug-likeness (QED) is 0.602. The molecule has 2 heteroatoms. The normalized spacial score (nSPS) is 8.82. The molecule has 0 aliphatic rings. The van der Waals surface area contributed by atoms with E-state index in [0.717, 1.165) is 0 Å². The van der Waals surface area contributed by atoms with Gasteiger partial charge >= 0.3 is 0 Å². The Balaban J connectivity index is 0. The van der Waals surface area contributed by atoms with E-state index in [9.17, 15) is 4.79 Å². The van der Waals surface area contributed by atoms with Crippen LogP contribution in [0, 0.1) is 0 Å². The number of amides is 1. The van der Waals surface area contributed by atoms with Gasteiger partial charge in [0, 0.05) is 19.7 Å². The van der Waals surface area contributed by atoms with Crippen LogP contribution in [0.25, 0.3) is 0 Å². The van der Waals surface area contributed by atoms with Gasteiger partial charge in [-0.05, 0) is 6.92 Å². The molecule has 11 heavy (non-hydrogen) atoms. The van der Waals surface area contributed by atoms with E-state index in [1.54, 1.807) is 18.1 Å². The number of carbonyl (C=O) groups excluding carboxylic acids is 1. The standard InChI is InChI=1S/C7H13NO.C2H6/c1-4-6-8(3)7(9)5-2;1-2/h4,6H,5H2,1-3H3;1-2H3/b6-4-;. The number of nitrogens with zero attached hydrogens (tertiary/aromatic N) is 1. The van der Waals surface area contributed by atoms with Crippen LogP contribution >= 0.6 is 0 Å². The fourth-order valence-corrected chi connectivity index (χ4v) is 0.556. The topological polar surface area (TPSA) is 20.3 Å². The zero-order chi connectivity index (χ0) is 9.28. The highest BCUT2D eigenvalue weighted by Crippen LogP contribution is 1.89. The Hall–Kier alpha value is -0.790. The Kier molecular flexibility index (Phi) is 10.8. The molecule has 0 spiro atoms. The largest absolute Gasteiger partial charge is 0.322 e. The maximum atomic E-state index is 10.8. The van der Waals surface area contributed by atoms with Gasteiger partial charge in [-0.1, -0.05) is 26.8 Å². The molecule has 0 N–H and O–H groups in total. The summed E-state index contributed by atoms with van der Waals surface area (Å²) in [7, 11) is 1.76. The average Bonchev–Trinajstić information content (AvgIpc) is 2.07. The highest BCUT2D eigenvalue weighted by Gasteiger charge is 1.98. The lowest BCUT2D eigenvalue weighted by Crippen LogP contribution is -2.18. The molecule has 0 aliphatic carbocycles. The molecule has 0 saturated heterocycles. The molecule has 0 fully saturated rings. The molecule has 0 radical (unpaired) electrons. The number of rotatable bonds is 2. The lowest BCUT2D eigenvalue weighted by molar-refractivity contribution is -0.127. The van der Waals surface area contributed by atoms with Gasteiger partial charge in [-0.15, -0.1) is 0 Å². The van der Waals surface area contributed by atoms with Crippen LogP contribution in [-0.2, 0) is 4.79 Å². The molecule has 0 aromatic rings. The smallest absolute Gasteiger partial charge is 0.225 e. The molecule has 0 heterocycles. The van der Waals surface area contributed by atoms with Crippen molar-refractivity contribution in [1.29, 1.82) is 0 Å². The Morgan fingerprint density at radius 2 is 1.91 bits per heavy atom. The molecule has 0 bridgehead atoms. The summed E-state index contributed by atoms with van der Waals surface area (Å²) in [5.41, 5.74) is 0. The minimum atomic E-state index is 0.146. The number of allylic oxidation sites excluding steroid dienone is 1. The number of carbonyl (C=O) groups is 1. The van der Waals surface area contributed by atoms with Gasteiger partial charge in [0.2, 0.25) is 5.91 Å². The maximum Gasteiger partial charge on any atom is 0.225 e. The van der Waals surface area contributed by atoms with Gasteiger partial charge in [0.1, 0.15) is 0 Å². The van der Waals surface area contributed by atoms with Gasteiger partial charge in [-0.2, -0.15) is 0 Å². The predicted molar refractivity (Wildman–Crippen MR) is 49.2 cm³/mol. The van der Waals surface area contributed by atoms with E-state index in [0.29, 0.717) is 6.42 Å². The first-order valence-electron chi connectivity index (χ1n) is 4.10. The first kappa shape index (κ1) is 12.8. The van der Waals surface area contributed by atoms with Crippen LogP contribution in [0.2, 0.25) is 0 Å². The van der Waals surface area contributed by atoms with Gasteiger partial charge in [0.25, 0.3) is 0 Å². The van der Waals surface area contributed by atoms with Crippen molar-refractivity contribution in [3.05, 3.63) is 12.3 Å². The van der Waals surface area contributed by atoms with Crippen molar-refractivity contribution < 1.29 is 4.79 Å². The van der Waals surface area contributed by atoms with E-state index < -0.39 is 0 Å². The van der Waals surface area contributed by atoms with Gasteiger partial charge in [-0.25, -0.2) is 0 Å². The molecule has 2 nitrogen and oxygen atoms in total. The Morgan fingerprint density at radius 1 is 1.45 bits per heavy atom. The molecule has 0 atom stereocenters. The third-order valence-electron chi connectivity index (χ3n) is 1.07. The highest BCUT2D eigenvalue weighted by atomic mass is 16.2. The van der Waals surface area contributed by atoms with Crippen LogP contribution in [0.3, 0.4) is 0 Å². The van der Waals surface area contributed by atoms with Crippen LogP contribution in [0.1, 0.15) is 34.1 Å².